The summed E-state index contributed by atoms with van der Waals surface area (Å²) in [6.07, 6.45) is 0. The van der Waals surface area contributed by atoms with Gasteiger partial charge < -0.3 is 9.32 Å². The van der Waals surface area contributed by atoms with Crippen LogP contribution in [0.2, 0.25) is 0 Å². The summed E-state index contributed by atoms with van der Waals surface area (Å²) < 4.78 is 7.99. The van der Waals surface area contributed by atoms with E-state index < -0.39 is 0 Å². The Balaban J connectivity index is 1.21. The number of benzene rings is 9. The lowest BCUT2D eigenvalue weighted by molar-refractivity contribution is 0.673. The van der Waals surface area contributed by atoms with E-state index in [4.69, 9.17) is 9.40 Å². The van der Waals surface area contributed by atoms with Gasteiger partial charge in [-0.15, -0.1) is 11.3 Å². The van der Waals surface area contributed by atoms with E-state index in [1.807, 2.05) is 0 Å². The number of aromatic nitrogens is 1. The average molecular weight is 747 g/mol. The Hall–Kier alpha value is -7.27. The van der Waals surface area contributed by atoms with Crippen molar-refractivity contribution >= 4 is 71.3 Å². The number of hydrogen-bond acceptors (Lipinski definition) is 4. The molecule has 0 radical (unpaired) electrons. The van der Waals surface area contributed by atoms with Crippen molar-refractivity contribution in [2.45, 2.75) is 0 Å². The molecule has 0 bridgehead atoms. The summed E-state index contributed by atoms with van der Waals surface area (Å²) in [5.74, 6) is 0. The Bertz CT molecular complexity index is 3130. The summed E-state index contributed by atoms with van der Waals surface area (Å²) in [5.41, 5.74) is 14.0. The maximum Gasteiger partial charge on any atom is 0.143 e. The standard InChI is InChI=1S/C53H34N2OS/c1-4-15-35(16-5-1)38-27-29-41(30-28-38)55(42-32-39(36-17-6-2-7-18-36)31-40(33-42)37-19-8-3-9-20-37)48-34-46-51-45(53-54-47-24-12-13-26-50(47)57-53)23-14-25-49(51)56-52(46)44-22-11-10-21-43(44)48/h1-34H. The number of nitrogens with zero attached hydrogens (tertiary/aromatic N) is 2. The summed E-state index contributed by atoms with van der Waals surface area (Å²) in [7, 11) is 0. The van der Waals surface area contributed by atoms with Crippen molar-refractivity contribution in [2.75, 3.05) is 4.90 Å². The fraction of sp³-hybridized carbons (Fsp3) is 0. The summed E-state index contributed by atoms with van der Waals surface area (Å²) in [6.45, 7) is 0. The number of fused-ring (bicyclic) bond motifs is 6. The van der Waals surface area contributed by atoms with Crippen LogP contribution in [0.4, 0.5) is 17.1 Å². The first-order chi connectivity index (χ1) is 28.2. The maximum atomic E-state index is 6.83. The van der Waals surface area contributed by atoms with Crippen molar-refractivity contribution in [1.29, 1.82) is 0 Å². The Kier molecular flexibility index (Phi) is 8.01. The van der Waals surface area contributed by atoms with E-state index in [0.717, 1.165) is 88.1 Å². The van der Waals surface area contributed by atoms with Gasteiger partial charge >= 0.3 is 0 Å². The second-order valence-corrected chi connectivity index (χ2v) is 15.4. The van der Waals surface area contributed by atoms with Crippen molar-refractivity contribution in [3.05, 3.63) is 206 Å². The molecule has 57 heavy (non-hydrogen) atoms. The number of rotatable bonds is 7. The van der Waals surface area contributed by atoms with Gasteiger partial charge in [-0.1, -0.05) is 152 Å². The Morgan fingerprint density at radius 3 is 1.67 bits per heavy atom. The quantitative estimate of drug-likeness (QED) is 0.163. The van der Waals surface area contributed by atoms with Crippen molar-refractivity contribution in [3.63, 3.8) is 0 Å². The van der Waals surface area contributed by atoms with E-state index >= 15 is 0 Å². The van der Waals surface area contributed by atoms with Crippen LogP contribution in [0.1, 0.15) is 0 Å². The second kappa shape index (κ2) is 13.8. The van der Waals surface area contributed by atoms with Crippen LogP contribution in [-0.2, 0) is 0 Å². The van der Waals surface area contributed by atoms with Gasteiger partial charge in [0.15, 0.2) is 0 Å². The van der Waals surface area contributed by atoms with Crippen molar-refractivity contribution < 1.29 is 4.42 Å². The second-order valence-electron chi connectivity index (χ2n) is 14.3. The smallest absolute Gasteiger partial charge is 0.143 e. The highest BCUT2D eigenvalue weighted by atomic mass is 32.1. The van der Waals surface area contributed by atoms with Crippen LogP contribution in [-0.4, -0.2) is 4.98 Å². The van der Waals surface area contributed by atoms with E-state index in [-0.39, 0.29) is 0 Å². The molecule has 0 aliphatic heterocycles. The van der Waals surface area contributed by atoms with Crippen LogP contribution in [0.5, 0.6) is 0 Å². The molecule has 0 spiro atoms. The third-order valence-corrected chi connectivity index (χ3v) is 11.9. The molecule has 3 nitrogen and oxygen atoms in total. The van der Waals surface area contributed by atoms with Gasteiger partial charge in [-0.25, -0.2) is 4.98 Å². The van der Waals surface area contributed by atoms with E-state index in [2.05, 4.69) is 211 Å². The van der Waals surface area contributed by atoms with Crippen molar-refractivity contribution in [3.8, 4) is 44.0 Å². The van der Waals surface area contributed by atoms with E-state index in [1.54, 1.807) is 11.3 Å². The summed E-state index contributed by atoms with van der Waals surface area (Å²) in [5, 5.41) is 5.27. The van der Waals surface area contributed by atoms with Crippen LogP contribution in [0.3, 0.4) is 0 Å². The molecule has 11 rings (SSSR count). The van der Waals surface area contributed by atoms with Crippen LogP contribution >= 0.6 is 11.3 Å². The summed E-state index contributed by atoms with van der Waals surface area (Å²) in [6, 6.07) is 73.5. The zero-order chi connectivity index (χ0) is 37.7. The molecule has 0 fully saturated rings. The number of para-hydroxylation sites is 1. The lowest BCUT2D eigenvalue weighted by atomic mass is 9.96. The topological polar surface area (TPSA) is 29.3 Å². The molecule has 2 aromatic heterocycles. The van der Waals surface area contributed by atoms with Gasteiger partial charge in [-0.2, -0.15) is 0 Å². The van der Waals surface area contributed by atoms with Gasteiger partial charge in [0, 0.05) is 38.5 Å². The third-order valence-electron chi connectivity index (χ3n) is 10.9. The minimum atomic E-state index is 0.847. The van der Waals surface area contributed by atoms with Crippen LogP contribution in [0.15, 0.2) is 211 Å². The van der Waals surface area contributed by atoms with Gasteiger partial charge in [0.2, 0.25) is 0 Å². The number of anilines is 3. The van der Waals surface area contributed by atoms with Gasteiger partial charge in [-0.3, -0.25) is 0 Å². The Morgan fingerprint density at radius 2 is 1.00 bits per heavy atom. The first-order valence-corrected chi connectivity index (χ1v) is 20.0. The highest BCUT2D eigenvalue weighted by Crippen LogP contribution is 2.48. The monoisotopic (exact) mass is 746 g/mol. The zero-order valence-corrected chi connectivity index (χ0v) is 31.7. The summed E-state index contributed by atoms with van der Waals surface area (Å²) in [4.78, 5) is 7.54. The number of furan rings is 1. The number of thiazole rings is 1. The Labute approximate surface area is 334 Å². The molecule has 2 heterocycles. The molecule has 0 saturated carbocycles. The van der Waals surface area contributed by atoms with Crippen LogP contribution in [0, 0.1) is 0 Å². The van der Waals surface area contributed by atoms with Crippen molar-refractivity contribution in [2.24, 2.45) is 0 Å². The molecular weight excluding hydrogens is 713 g/mol. The van der Waals surface area contributed by atoms with E-state index in [1.165, 1.54) is 15.8 Å². The van der Waals surface area contributed by atoms with Crippen molar-refractivity contribution in [1.82, 2.24) is 4.98 Å². The minimum Gasteiger partial charge on any atom is -0.455 e. The highest BCUT2D eigenvalue weighted by molar-refractivity contribution is 7.21. The first-order valence-electron chi connectivity index (χ1n) is 19.2. The molecular formula is C53H34N2OS. The zero-order valence-electron chi connectivity index (χ0n) is 30.8. The molecule has 0 aliphatic carbocycles. The molecule has 4 heteroatoms. The van der Waals surface area contributed by atoms with Gasteiger partial charge in [-0.05, 0) is 88.0 Å². The normalized spacial score (nSPS) is 11.5. The average Bonchev–Trinajstić information content (AvgIpc) is 3.90. The fourth-order valence-corrected chi connectivity index (χ4v) is 9.17. The predicted molar refractivity (Wildman–Crippen MR) is 241 cm³/mol. The highest BCUT2D eigenvalue weighted by Gasteiger charge is 2.23. The minimum absolute atomic E-state index is 0.847. The maximum absolute atomic E-state index is 6.83. The lowest BCUT2D eigenvalue weighted by Crippen LogP contribution is -2.11. The fourth-order valence-electron chi connectivity index (χ4n) is 8.18. The van der Waals surface area contributed by atoms with E-state index in [9.17, 15) is 0 Å². The summed E-state index contributed by atoms with van der Waals surface area (Å²) >= 11 is 1.72. The molecule has 0 N–H and O–H groups in total. The van der Waals surface area contributed by atoms with Gasteiger partial charge in [0.1, 0.15) is 16.2 Å². The first kappa shape index (κ1) is 33.1. The molecule has 9 aromatic carbocycles. The molecule has 0 atom stereocenters. The lowest BCUT2D eigenvalue weighted by Gasteiger charge is -2.28. The molecule has 0 unspecified atom stereocenters. The van der Waals surface area contributed by atoms with Gasteiger partial charge in [0.05, 0.1) is 15.9 Å². The molecule has 0 aliphatic rings. The SMILES string of the molecule is c1ccc(-c2ccc(N(c3cc(-c4ccccc4)cc(-c4ccccc4)c3)c3cc4c(oc5cccc(-c6nc7ccccc7s6)c54)c4ccccc34)cc2)cc1. The van der Waals surface area contributed by atoms with Gasteiger partial charge in [0.25, 0.3) is 0 Å². The number of hydrogen-bond donors (Lipinski definition) is 0. The van der Waals surface area contributed by atoms with E-state index in [0.29, 0.717) is 0 Å². The molecule has 268 valence electrons. The molecule has 11 aromatic rings. The largest absolute Gasteiger partial charge is 0.455 e. The Morgan fingerprint density at radius 1 is 0.421 bits per heavy atom. The molecule has 0 saturated heterocycles. The van der Waals surface area contributed by atoms with Crippen LogP contribution < -0.4 is 4.90 Å². The molecule has 0 amide bonds. The third kappa shape index (κ3) is 5.86. The van der Waals surface area contributed by atoms with Crippen LogP contribution in [0.25, 0.3) is 86.9 Å². The predicted octanol–water partition coefficient (Wildman–Crippen LogP) is 15.5.